The van der Waals surface area contributed by atoms with Gasteiger partial charge in [0.25, 0.3) is 0 Å². The molecule has 2 N–H and O–H groups in total. The number of piperazine rings is 1. The number of anilines is 1. The Morgan fingerprint density at radius 3 is 1.97 bits per heavy atom. The van der Waals surface area contributed by atoms with Crippen LogP contribution < -0.4 is 10.6 Å². The maximum absolute atomic E-state index is 13.0. The number of carbonyl (C=O) groups is 1. The van der Waals surface area contributed by atoms with Gasteiger partial charge < -0.3 is 10.6 Å². The molecule has 0 unspecified atom stereocenters. The van der Waals surface area contributed by atoms with Gasteiger partial charge in [-0.2, -0.15) is 4.31 Å². The van der Waals surface area contributed by atoms with E-state index in [2.05, 4.69) is 29.4 Å². The quantitative estimate of drug-likeness (QED) is 0.705. The van der Waals surface area contributed by atoms with Crippen molar-refractivity contribution in [3.63, 3.8) is 0 Å². The number of carbonyl (C=O) groups excluding carboxylic acids is 1. The van der Waals surface area contributed by atoms with Gasteiger partial charge in [0, 0.05) is 43.4 Å². The van der Waals surface area contributed by atoms with Crippen LogP contribution in [0.1, 0.15) is 52.4 Å². The number of hydrogen-bond acceptors (Lipinski definition) is 4. The lowest BCUT2D eigenvalue weighted by Gasteiger charge is -2.56. The van der Waals surface area contributed by atoms with Crippen LogP contribution in [0.25, 0.3) is 0 Å². The molecule has 0 radical (unpaired) electrons. The molecule has 176 valence electrons. The fourth-order valence-electron chi connectivity index (χ4n) is 6.99. The van der Waals surface area contributed by atoms with E-state index in [1.54, 1.807) is 28.6 Å². The summed E-state index contributed by atoms with van der Waals surface area (Å²) in [5, 5.41) is 6.23. The Morgan fingerprint density at radius 2 is 1.47 bits per heavy atom. The van der Waals surface area contributed by atoms with Gasteiger partial charge in [0.15, 0.2) is 0 Å². The lowest BCUT2D eigenvalue weighted by Crippen LogP contribution is -2.60. The van der Waals surface area contributed by atoms with Crippen molar-refractivity contribution in [3.8, 4) is 0 Å². The normalized spacial score (nSPS) is 32.9. The molecular weight excluding hydrogens is 424 g/mol. The Labute approximate surface area is 192 Å². The largest absolute Gasteiger partial charge is 0.332 e. The number of nitrogens with zero attached hydrogens (tertiary/aromatic N) is 2. The third-order valence-corrected chi connectivity index (χ3v) is 10.1. The monoisotopic (exact) mass is 460 g/mol. The summed E-state index contributed by atoms with van der Waals surface area (Å²) in [6.45, 7) is 6.79. The molecule has 5 aliphatic rings. The lowest BCUT2D eigenvalue weighted by molar-refractivity contribution is -0.0127. The van der Waals surface area contributed by atoms with E-state index < -0.39 is 10.0 Å². The molecule has 32 heavy (non-hydrogen) atoms. The van der Waals surface area contributed by atoms with Crippen molar-refractivity contribution in [2.75, 3.05) is 31.5 Å². The first-order valence-corrected chi connectivity index (χ1v) is 13.6. The molecule has 0 aromatic heterocycles. The topological polar surface area (TPSA) is 81.8 Å². The number of rotatable bonds is 5. The number of amides is 2. The zero-order valence-electron chi connectivity index (χ0n) is 19.2. The van der Waals surface area contributed by atoms with E-state index in [-0.39, 0.29) is 16.5 Å². The van der Waals surface area contributed by atoms with Gasteiger partial charge in [-0.25, -0.2) is 13.2 Å². The zero-order chi connectivity index (χ0) is 22.5. The van der Waals surface area contributed by atoms with Crippen LogP contribution in [-0.2, 0) is 10.0 Å². The molecule has 7 nitrogen and oxygen atoms in total. The van der Waals surface area contributed by atoms with Gasteiger partial charge in [-0.1, -0.05) is 0 Å². The minimum atomic E-state index is -3.51. The molecule has 4 aliphatic carbocycles. The third kappa shape index (κ3) is 4.29. The van der Waals surface area contributed by atoms with E-state index in [0.717, 1.165) is 50.1 Å². The summed E-state index contributed by atoms with van der Waals surface area (Å²) in [5.41, 5.74) is 0.580. The summed E-state index contributed by atoms with van der Waals surface area (Å²) in [6.07, 6.45) is 7.33. The number of nitrogens with one attached hydrogen (secondary N) is 2. The number of sulfonamides is 1. The van der Waals surface area contributed by atoms with Gasteiger partial charge in [0.05, 0.1) is 4.90 Å². The molecule has 6 rings (SSSR count). The Kier molecular flexibility index (Phi) is 5.75. The van der Waals surface area contributed by atoms with Crippen LogP contribution in [0.2, 0.25) is 0 Å². The summed E-state index contributed by atoms with van der Waals surface area (Å²) in [4.78, 5) is 15.3. The average molecular weight is 461 g/mol. The molecular formula is C24H36N4O3S. The summed E-state index contributed by atoms with van der Waals surface area (Å²) in [6, 6.07) is 6.84. The van der Waals surface area contributed by atoms with E-state index in [1.165, 1.54) is 19.3 Å². The predicted octanol–water partition coefficient (Wildman–Crippen LogP) is 3.49. The predicted molar refractivity (Wildman–Crippen MR) is 125 cm³/mol. The first-order valence-electron chi connectivity index (χ1n) is 12.2. The van der Waals surface area contributed by atoms with Gasteiger partial charge in [-0.3, -0.25) is 4.90 Å². The SMILES string of the molecule is CC(C)N1CCN(S(=O)(=O)c2ccc(NC(=O)NC34CC5CC(CC(C5)C3)C4)cc2)CC1. The maximum atomic E-state index is 13.0. The molecule has 0 atom stereocenters. The van der Waals surface area contributed by atoms with Crippen LogP contribution in [0.5, 0.6) is 0 Å². The highest BCUT2D eigenvalue weighted by atomic mass is 32.2. The average Bonchev–Trinajstić information content (AvgIpc) is 2.72. The van der Waals surface area contributed by atoms with Crippen molar-refractivity contribution in [1.29, 1.82) is 0 Å². The van der Waals surface area contributed by atoms with Crippen molar-refractivity contribution in [2.24, 2.45) is 17.8 Å². The second-order valence-electron chi connectivity index (χ2n) is 10.8. The molecule has 5 fully saturated rings. The van der Waals surface area contributed by atoms with Crippen molar-refractivity contribution >= 4 is 21.7 Å². The minimum absolute atomic E-state index is 0.0414. The molecule has 1 aromatic rings. The van der Waals surface area contributed by atoms with E-state index in [9.17, 15) is 13.2 Å². The second kappa shape index (κ2) is 8.29. The van der Waals surface area contributed by atoms with E-state index in [1.807, 2.05) is 0 Å². The molecule has 0 spiro atoms. The smallest absolute Gasteiger partial charge is 0.319 e. The Bertz CT molecular complexity index is 917. The first-order chi connectivity index (χ1) is 15.2. The third-order valence-electron chi connectivity index (χ3n) is 8.17. The Morgan fingerprint density at radius 1 is 0.938 bits per heavy atom. The van der Waals surface area contributed by atoms with Crippen LogP contribution in [0.15, 0.2) is 29.2 Å². The highest BCUT2D eigenvalue weighted by Crippen LogP contribution is 2.55. The number of hydrogen-bond donors (Lipinski definition) is 2. The maximum Gasteiger partial charge on any atom is 0.319 e. The molecule has 1 heterocycles. The fraction of sp³-hybridized carbons (Fsp3) is 0.708. The fourth-order valence-corrected chi connectivity index (χ4v) is 8.41. The molecule has 1 aromatic carbocycles. The van der Waals surface area contributed by atoms with Gasteiger partial charge in [0.2, 0.25) is 10.0 Å². The van der Waals surface area contributed by atoms with Crippen LogP contribution in [0, 0.1) is 17.8 Å². The van der Waals surface area contributed by atoms with Crippen LogP contribution in [-0.4, -0.2) is 61.4 Å². The molecule has 1 aliphatic heterocycles. The number of urea groups is 1. The minimum Gasteiger partial charge on any atom is -0.332 e. The van der Waals surface area contributed by atoms with Gasteiger partial charge >= 0.3 is 6.03 Å². The van der Waals surface area contributed by atoms with Crippen molar-refractivity contribution in [2.45, 2.75) is 68.8 Å². The molecule has 4 saturated carbocycles. The van der Waals surface area contributed by atoms with Gasteiger partial charge in [-0.15, -0.1) is 0 Å². The van der Waals surface area contributed by atoms with Crippen molar-refractivity contribution < 1.29 is 13.2 Å². The second-order valence-corrected chi connectivity index (χ2v) is 12.8. The zero-order valence-corrected chi connectivity index (χ0v) is 20.0. The van der Waals surface area contributed by atoms with Crippen molar-refractivity contribution in [3.05, 3.63) is 24.3 Å². The highest BCUT2D eigenvalue weighted by Gasteiger charge is 2.51. The lowest BCUT2D eigenvalue weighted by atomic mass is 9.53. The van der Waals surface area contributed by atoms with E-state index in [0.29, 0.717) is 24.8 Å². The first kappa shape index (κ1) is 22.2. The summed E-state index contributed by atoms with van der Waals surface area (Å²) in [7, 11) is -3.51. The Balaban J connectivity index is 1.19. The summed E-state index contributed by atoms with van der Waals surface area (Å²) < 4.78 is 27.6. The molecule has 4 bridgehead atoms. The van der Waals surface area contributed by atoms with E-state index in [4.69, 9.17) is 0 Å². The standard InChI is InChI=1S/C24H36N4O3S/c1-17(2)27-7-9-28(10-8-27)32(30,31)22-5-3-21(4-6-22)25-23(29)26-24-14-18-11-19(15-24)13-20(12-18)16-24/h3-6,17-20H,7-16H2,1-2H3,(H2,25,26,29). The summed E-state index contributed by atoms with van der Waals surface area (Å²) in [5.74, 6) is 2.32. The number of benzene rings is 1. The van der Waals surface area contributed by atoms with Crippen LogP contribution >= 0.6 is 0 Å². The summed E-state index contributed by atoms with van der Waals surface area (Å²) >= 11 is 0. The van der Waals surface area contributed by atoms with Gasteiger partial charge in [-0.05, 0) is 94.4 Å². The van der Waals surface area contributed by atoms with E-state index >= 15 is 0 Å². The molecule has 8 heteroatoms. The van der Waals surface area contributed by atoms with Crippen LogP contribution in [0.4, 0.5) is 10.5 Å². The van der Waals surface area contributed by atoms with Crippen LogP contribution in [0.3, 0.4) is 0 Å². The highest BCUT2D eigenvalue weighted by molar-refractivity contribution is 7.89. The van der Waals surface area contributed by atoms with Gasteiger partial charge in [0.1, 0.15) is 0 Å². The molecule has 2 amide bonds. The van der Waals surface area contributed by atoms with Crippen molar-refractivity contribution in [1.82, 2.24) is 14.5 Å². The Hall–Kier alpha value is -1.64. The molecule has 1 saturated heterocycles.